The van der Waals surface area contributed by atoms with Crippen LogP contribution in [0.5, 0.6) is 0 Å². The highest BCUT2D eigenvalue weighted by molar-refractivity contribution is 5.32. The summed E-state index contributed by atoms with van der Waals surface area (Å²) in [5.41, 5.74) is 7.24. The predicted molar refractivity (Wildman–Crippen MR) is 85.9 cm³/mol. The lowest BCUT2D eigenvalue weighted by atomic mass is 9.78. The van der Waals surface area contributed by atoms with Crippen molar-refractivity contribution in [1.29, 1.82) is 0 Å². The first-order valence-corrected chi connectivity index (χ1v) is 8.31. The minimum atomic E-state index is 0.151. The maximum atomic E-state index is 6.16. The van der Waals surface area contributed by atoms with Gasteiger partial charge < -0.3 is 4.74 Å². The predicted octanol–water partition coefficient (Wildman–Crippen LogP) is 3.55. The van der Waals surface area contributed by atoms with E-state index >= 15 is 0 Å². The van der Waals surface area contributed by atoms with E-state index in [1.807, 2.05) is 0 Å². The highest BCUT2D eigenvalue weighted by Crippen LogP contribution is 2.45. The number of ether oxygens (including phenoxy) is 1. The maximum absolute atomic E-state index is 6.16. The van der Waals surface area contributed by atoms with Crippen LogP contribution in [0.1, 0.15) is 61.3 Å². The van der Waals surface area contributed by atoms with Crippen molar-refractivity contribution in [3.8, 4) is 0 Å². The molecule has 1 spiro atoms. The molecule has 116 valence electrons. The largest absolute Gasteiger partial charge is 0.375 e. The topological polar surface area (TPSA) is 47.3 Å². The zero-order valence-electron chi connectivity index (χ0n) is 13.3. The molecule has 1 heterocycles. The third-order valence-electron chi connectivity index (χ3n) is 5.59. The SMILES string of the molecule is Cc1ccc(C(NN)C2CCOC3(CCCC3)C2)cc1C. The third kappa shape index (κ3) is 3.01. The van der Waals surface area contributed by atoms with Gasteiger partial charge in [-0.25, -0.2) is 0 Å². The molecule has 3 N–H and O–H groups in total. The second-order valence-electron chi connectivity index (χ2n) is 6.98. The molecule has 2 unspecified atom stereocenters. The van der Waals surface area contributed by atoms with Crippen LogP contribution < -0.4 is 11.3 Å². The highest BCUT2D eigenvalue weighted by Gasteiger charge is 2.42. The molecule has 3 rings (SSSR count). The molecule has 1 aromatic carbocycles. The van der Waals surface area contributed by atoms with Gasteiger partial charge in [-0.1, -0.05) is 31.0 Å². The number of aryl methyl sites for hydroxylation is 2. The van der Waals surface area contributed by atoms with Crippen molar-refractivity contribution in [3.05, 3.63) is 34.9 Å². The van der Waals surface area contributed by atoms with Gasteiger partial charge >= 0.3 is 0 Å². The first kappa shape index (κ1) is 15.0. The Labute approximate surface area is 128 Å². The summed E-state index contributed by atoms with van der Waals surface area (Å²) in [6.45, 7) is 5.22. The van der Waals surface area contributed by atoms with E-state index in [-0.39, 0.29) is 11.6 Å². The van der Waals surface area contributed by atoms with Crippen LogP contribution in [0.25, 0.3) is 0 Å². The molecule has 0 radical (unpaired) electrons. The molecule has 2 atom stereocenters. The maximum Gasteiger partial charge on any atom is 0.0686 e. The van der Waals surface area contributed by atoms with E-state index in [1.54, 1.807) is 0 Å². The molecule has 1 saturated carbocycles. The second-order valence-corrected chi connectivity index (χ2v) is 6.98. The molecule has 0 bridgehead atoms. The molecule has 1 aliphatic heterocycles. The zero-order valence-corrected chi connectivity index (χ0v) is 13.3. The molecule has 1 aliphatic carbocycles. The van der Waals surface area contributed by atoms with Gasteiger partial charge in [0.25, 0.3) is 0 Å². The van der Waals surface area contributed by atoms with Crippen LogP contribution in [0.3, 0.4) is 0 Å². The molecule has 0 amide bonds. The van der Waals surface area contributed by atoms with Crippen molar-refractivity contribution in [2.75, 3.05) is 6.61 Å². The summed E-state index contributed by atoms with van der Waals surface area (Å²) in [5, 5.41) is 0. The number of rotatable bonds is 3. The van der Waals surface area contributed by atoms with Gasteiger partial charge in [0.15, 0.2) is 0 Å². The normalized spacial score (nSPS) is 26.1. The standard InChI is InChI=1S/C18H28N2O/c1-13-5-6-15(11-14(13)2)17(20-19)16-7-10-21-18(12-16)8-3-4-9-18/h5-6,11,16-17,20H,3-4,7-10,12,19H2,1-2H3. The summed E-state index contributed by atoms with van der Waals surface area (Å²) in [7, 11) is 0. The van der Waals surface area contributed by atoms with Gasteiger partial charge in [0.05, 0.1) is 5.60 Å². The van der Waals surface area contributed by atoms with E-state index in [0.29, 0.717) is 5.92 Å². The summed E-state index contributed by atoms with van der Waals surface area (Å²) in [4.78, 5) is 0. The number of hydrogen-bond donors (Lipinski definition) is 2. The Kier molecular flexibility index (Phi) is 4.34. The van der Waals surface area contributed by atoms with Gasteiger partial charge in [0, 0.05) is 12.6 Å². The van der Waals surface area contributed by atoms with Gasteiger partial charge in [0.2, 0.25) is 0 Å². The Morgan fingerprint density at radius 2 is 2.00 bits per heavy atom. The molecular weight excluding hydrogens is 260 g/mol. The highest BCUT2D eigenvalue weighted by atomic mass is 16.5. The van der Waals surface area contributed by atoms with Crippen molar-refractivity contribution in [2.45, 2.75) is 64.0 Å². The lowest BCUT2D eigenvalue weighted by molar-refractivity contribution is -0.0982. The van der Waals surface area contributed by atoms with Crippen LogP contribution in [0.15, 0.2) is 18.2 Å². The van der Waals surface area contributed by atoms with Crippen LogP contribution >= 0.6 is 0 Å². The number of nitrogens with two attached hydrogens (primary N) is 1. The minimum Gasteiger partial charge on any atom is -0.375 e. The quantitative estimate of drug-likeness (QED) is 0.660. The van der Waals surface area contributed by atoms with E-state index in [1.165, 1.54) is 42.4 Å². The first-order chi connectivity index (χ1) is 10.1. The smallest absolute Gasteiger partial charge is 0.0686 e. The van der Waals surface area contributed by atoms with E-state index in [9.17, 15) is 0 Å². The fraction of sp³-hybridized carbons (Fsp3) is 0.667. The molecule has 0 aromatic heterocycles. The third-order valence-corrected chi connectivity index (χ3v) is 5.59. The van der Waals surface area contributed by atoms with Crippen LogP contribution in [0, 0.1) is 19.8 Å². The van der Waals surface area contributed by atoms with E-state index in [2.05, 4.69) is 37.5 Å². The molecule has 3 heteroatoms. The van der Waals surface area contributed by atoms with Crippen LogP contribution in [0.2, 0.25) is 0 Å². The van der Waals surface area contributed by atoms with Crippen molar-refractivity contribution in [1.82, 2.24) is 5.43 Å². The van der Waals surface area contributed by atoms with E-state index in [0.717, 1.165) is 19.4 Å². The summed E-state index contributed by atoms with van der Waals surface area (Å²) in [5.74, 6) is 6.49. The van der Waals surface area contributed by atoms with Crippen molar-refractivity contribution >= 4 is 0 Å². The van der Waals surface area contributed by atoms with Crippen molar-refractivity contribution in [3.63, 3.8) is 0 Å². The van der Waals surface area contributed by atoms with Gasteiger partial charge in [0.1, 0.15) is 0 Å². The van der Waals surface area contributed by atoms with Gasteiger partial charge in [-0.3, -0.25) is 11.3 Å². The summed E-state index contributed by atoms with van der Waals surface area (Å²) in [6.07, 6.45) is 7.34. The monoisotopic (exact) mass is 288 g/mol. The van der Waals surface area contributed by atoms with Gasteiger partial charge in [-0.15, -0.1) is 0 Å². The van der Waals surface area contributed by atoms with Crippen LogP contribution in [0.4, 0.5) is 0 Å². The average Bonchev–Trinajstić information content (AvgIpc) is 2.91. The van der Waals surface area contributed by atoms with E-state index < -0.39 is 0 Å². The Bertz CT molecular complexity index is 494. The van der Waals surface area contributed by atoms with Gasteiger partial charge in [-0.05, 0) is 62.1 Å². The Morgan fingerprint density at radius 3 is 2.67 bits per heavy atom. The number of benzene rings is 1. The van der Waals surface area contributed by atoms with Crippen molar-refractivity contribution in [2.24, 2.45) is 11.8 Å². The molecule has 2 aliphatic rings. The first-order valence-electron chi connectivity index (χ1n) is 8.31. The zero-order chi connectivity index (χ0) is 14.9. The second kappa shape index (κ2) is 6.07. The summed E-state index contributed by atoms with van der Waals surface area (Å²) < 4.78 is 6.16. The lowest BCUT2D eigenvalue weighted by Crippen LogP contribution is -2.43. The number of hydrogen-bond acceptors (Lipinski definition) is 3. The fourth-order valence-corrected chi connectivity index (χ4v) is 4.18. The molecular formula is C18H28N2O. The fourth-order valence-electron chi connectivity index (χ4n) is 4.18. The Hall–Kier alpha value is -0.900. The average molecular weight is 288 g/mol. The molecule has 21 heavy (non-hydrogen) atoms. The number of hydrazine groups is 1. The number of nitrogens with one attached hydrogen (secondary N) is 1. The molecule has 1 aromatic rings. The van der Waals surface area contributed by atoms with Crippen molar-refractivity contribution < 1.29 is 4.74 Å². The van der Waals surface area contributed by atoms with Crippen LogP contribution in [-0.4, -0.2) is 12.2 Å². The van der Waals surface area contributed by atoms with E-state index in [4.69, 9.17) is 10.6 Å². The Morgan fingerprint density at radius 1 is 1.24 bits per heavy atom. The molecule has 3 nitrogen and oxygen atoms in total. The van der Waals surface area contributed by atoms with Gasteiger partial charge in [-0.2, -0.15) is 0 Å². The lowest BCUT2D eigenvalue weighted by Gasteiger charge is -2.41. The van der Waals surface area contributed by atoms with Crippen LogP contribution in [-0.2, 0) is 4.74 Å². The summed E-state index contributed by atoms with van der Waals surface area (Å²) >= 11 is 0. The minimum absolute atomic E-state index is 0.151. The summed E-state index contributed by atoms with van der Waals surface area (Å²) in [6, 6.07) is 6.96. The molecule has 1 saturated heterocycles. The Balaban J connectivity index is 1.80. The molecule has 2 fully saturated rings.